The Hall–Kier alpha value is -1.07. The maximum Gasteiger partial charge on any atom is 0.156 e. The van der Waals surface area contributed by atoms with Gasteiger partial charge in [0.15, 0.2) is 5.82 Å². The summed E-state index contributed by atoms with van der Waals surface area (Å²) < 4.78 is 1.10. The van der Waals surface area contributed by atoms with Crippen molar-refractivity contribution in [3.8, 4) is 0 Å². The molecule has 0 aliphatic carbocycles. The molecular formula is C11H10BrN3S. The lowest BCUT2D eigenvalue weighted by molar-refractivity contribution is 1.07. The highest BCUT2D eigenvalue weighted by molar-refractivity contribution is 9.10. The summed E-state index contributed by atoms with van der Waals surface area (Å²) in [4.78, 5) is 8.18. The SMILES string of the molecule is Nc1nccnc1SCc1ccccc1Br. The van der Waals surface area contributed by atoms with E-state index in [0.29, 0.717) is 5.82 Å². The lowest BCUT2D eigenvalue weighted by Gasteiger charge is -2.04. The maximum atomic E-state index is 5.72. The topological polar surface area (TPSA) is 51.8 Å². The molecule has 0 atom stereocenters. The summed E-state index contributed by atoms with van der Waals surface area (Å²) in [5.41, 5.74) is 6.94. The standard InChI is InChI=1S/C11H10BrN3S/c12-9-4-2-1-3-8(9)7-16-11-10(13)14-5-6-15-11/h1-6H,7H2,(H2,13,14). The molecule has 16 heavy (non-hydrogen) atoms. The zero-order valence-electron chi connectivity index (χ0n) is 8.43. The lowest BCUT2D eigenvalue weighted by Crippen LogP contribution is -1.95. The summed E-state index contributed by atoms with van der Waals surface area (Å²) >= 11 is 5.09. The van der Waals surface area contributed by atoms with Gasteiger partial charge in [-0.1, -0.05) is 45.9 Å². The van der Waals surface area contributed by atoms with Crippen LogP contribution in [0.15, 0.2) is 46.2 Å². The largest absolute Gasteiger partial charge is 0.381 e. The number of hydrogen-bond donors (Lipinski definition) is 1. The first-order chi connectivity index (χ1) is 7.77. The molecule has 0 bridgehead atoms. The van der Waals surface area contributed by atoms with Crippen LogP contribution in [0, 0.1) is 0 Å². The van der Waals surface area contributed by atoms with Crippen LogP contribution < -0.4 is 5.73 Å². The third kappa shape index (κ3) is 2.74. The van der Waals surface area contributed by atoms with Gasteiger partial charge in [-0.25, -0.2) is 9.97 Å². The number of aromatic nitrogens is 2. The highest BCUT2D eigenvalue weighted by Crippen LogP contribution is 2.27. The van der Waals surface area contributed by atoms with Gasteiger partial charge in [0.1, 0.15) is 5.03 Å². The number of nitrogen functional groups attached to an aromatic ring is 1. The van der Waals surface area contributed by atoms with Crippen LogP contribution in [0.3, 0.4) is 0 Å². The van der Waals surface area contributed by atoms with E-state index in [4.69, 9.17) is 5.73 Å². The lowest BCUT2D eigenvalue weighted by atomic mass is 10.2. The Labute approximate surface area is 107 Å². The van der Waals surface area contributed by atoms with Crippen LogP contribution in [0.1, 0.15) is 5.56 Å². The van der Waals surface area contributed by atoms with Crippen molar-refractivity contribution in [3.05, 3.63) is 46.7 Å². The molecule has 0 spiro atoms. The van der Waals surface area contributed by atoms with Crippen molar-refractivity contribution in [1.82, 2.24) is 9.97 Å². The van der Waals surface area contributed by atoms with Crippen LogP contribution in [0.25, 0.3) is 0 Å². The minimum Gasteiger partial charge on any atom is -0.381 e. The fourth-order valence-corrected chi connectivity index (χ4v) is 2.70. The van der Waals surface area contributed by atoms with Gasteiger partial charge in [-0.15, -0.1) is 0 Å². The fraction of sp³-hybridized carbons (Fsp3) is 0.0909. The Morgan fingerprint density at radius 2 is 1.94 bits per heavy atom. The number of benzene rings is 1. The van der Waals surface area contributed by atoms with Crippen molar-refractivity contribution < 1.29 is 0 Å². The number of halogens is 1. The predicted molar refractivity (Wildman–Crippen MR) is 70.1 cm³/mol. The summed E-state index contributed by atoms with van der Waals surface area (Å²) in [7, 11) is 0. The van der Waals surface area contributed by atoms with Gasteiger partial charge in [-0.2, -0.15) is 0 Å². The van der Waals surface area contributed by atoms with E-state index in [1.54, 1.807) is 24.2 Å². The zero-order chi connectivity index (χ0) is 11.4. The summed E-state index contributed by atoms with van der Waals surface area (Å²) in [6.07, 6.45) is 3.25. The van der Waals surface area contributed by atoms with E-state index in [1.165, 1.54) is 5.56 Å². The summed E-state index contributed by atoms with van der Waals surface area (Å²) in [5, 5.41) is 0.776. The number of hydrogen-bond acceptors (Lipinski definition) is 4. The molecule has 82 valence electrons. The van der Waals surface area contributed by atoms with E-state index in [2.05, 4.69) is 32.0 Å². The van der Waals surface area contributed by atoms with Crippen molar-refractivity contribution in [2.75, 3.05) is 5.73 Å². The Kier molecular flexibility index (Phi) is 3.79. The molecule has 3 nitrogen and oxygen atoms in total. The Bertz CT molecular complexity index is 445. The van der Waals surface area contributed by atoms with Crippen molar-refractivity contribution in [2.45, 2.75) is 10.8 Å². The van der Waals surface area contributed by atoms with Gasteiger partial charge in [0.2, 0.25) is 0 Å². The highest BCUT2D eigenvalue weighted by Gasteiger charge is 2.04. The second-order valence-electron chi connectivity index (χ2n) is 3.13. The Morgan fingerprint density at radius 1 is 1.19 bits per heavy atom. The fourth-order valence-electron chi connectivity index (χ4n) is 1.21. The smallest absolute Gasteiger partial charge is 0.156 e. The number of rotatable bonds is 3. The molecule has 1 aromatic carbocycles. The summed E-state index contributed by atoms with van der Waals surface area (Å²) in [5.74, 6) is 1.31. The van der Waals surface area contributed by atoms with E-state index in [0.717, 1.165) is 15.3 Å². The molecule has 2 N–H and O–H groups in total. The second-order valence-corrected chi connectivity index (χ2v) is 4.95. The van der Waals surface area contributed by atoms with E-state index < -0.39 is 0 Å². The minimum atomic E-state index is 0.486. The molecule has 0 saturated heterocycles. The van der Waals surface area contributed by atoms with Crippen LogP contribution >= 0.6 is 27.7 Å². The van der Waals surface area contributed by atoms with Gasteiger partial charge < -0.3 is 5.73 Å². The van der Waals surface area contributed by atoms with Crippen LogP contribution in [-0.4, -0.2) is 9.97 Å². The van der Waals surface area contributed by atoms with Gasteiger partial charge >= 0.3 is 0 Å². The van der Waals surface area contributed by atoms with E-state index in [9.17, 15) is 0 Å². The first-order valence-electron chi connectivity index (χ1n) is 4.70. The third-order valence-corrected chi connectivity index (χ3v) is 3.83. The average molecular weight is 296 g/mol. The molecule has 0 amide bonds. The molecular weight excluding hydrogens is 286 g/mol. The molecule has 0 radical (unpaired) electrons. The van der Waals surface area contributed by atoms with Crippen molar-refractivity contribution in [3.63, 3.8) is 0 Å². The van der Waals surface area contributed by atoms with Gasteiger partial charge in [-0.05, 0) is 11.6 Å². The van der Waals surface area contributed by atoms with Crippen molar-refractivity contribution >= 4 is 33.5 Å². The molecule has 2 aromatic rings. The summed E-state index contributed by atoms with van der Waals surface area (Å²) in [6, 6.07) is 8.11. The van der Waals surface area contributed by atoms with Crippen molar-refractivity contribution in [1.29, 1.82) is 0 Å². The molecule has 2 rings (SSSR count). The highest BCUT2D eigenvalue weighted by atomic mass is 79.9. The normalized spacial score (nSPS) is 10.3. The first-order valence-corrected chi connectivity index (χ1v) is 6.48. The quantitative estimate of drug-likeness (QED) is 0.884. The molecule has 0 unspecified atom stereocenters. The summed E-state index contributed by atoms with van der Waals surface area (Å²) in [6.45, 7) is 0. The average Bonchev–Trinajstić information content (AvgIpc) is 2.30. The second kappa shape index (κ2) is 5.32. The molecule has 1 aromatic heterocycles. The van der Waals surface area contributed by atoms with Gasteiger partial charge in [0.05, 0.1) is 0 Å². The van der Waals surface area contributed by atoms with E-state index >= 15 is 0 Å². The molecule has 5 heteroatoms. The van der Waals surface area contributed by atoms with Gasteiger partial charge in [0, 0.05) is 22.6 Å². The van der Waals surface area contributed by atoms with E-state index in [1.807, 2.05) is 18.2 Å². The third-order valence-electron chi connectivity index (χ3n) is 2.01. The molecule has 0 aliphatic rings. The maximum absolute atomic E-state index is 5.72. The predicted octanol–water partition coefficient (Wildman–Crippen LogP) is 3.11. The minimum absolute atomic E-state index is 0.486. The Morgan fingerprint density at radius 3 is 2.69 bits per heavy atom. The molecule has 0 aliphatic heterocycles. The van der Waals surface area contributed by atoms with Crippen molar-refractivity contribution in [2.24, 2.45) is 0 Å². The van der Waals surface area contributed by atoms with Crippen LogP contribution in [0.4, 0.5) is 5.82 Å². The number of anilines is 1. The molecule has 0 saturated carbocycles. The monoisotopic (exact) mass is 295 g/mol. The van der Waals surface area contributed by atoms with Crippen LogP contribution in [0.2, 0.25) is 0 Å². The van der Waals surface area contributed by atoms with E-state index in [-0.39, 0.29) is 0 Å². The zero-order valence-corrected chi connectivity index (χ0v) is 10.8. The van der Waals surface area contributed by atoms with Crippen LogP contribution in [0.5, 0.6) is 0 Å². The Balaban J connectivity index is 2.09. The van der Waals surface area contributed by atoms with Gasteiger partial charge in [-0.3, -0.25) is 0 Å². The number of nitrogens with zero attached hydrogens (tertiary/aromatic N) is 2. The molecule has 1 heterocycles. The first kappa shape index (κ1) is 11.4. The number of thioether (sulfide) groups is 1. The van der Waals surface area contributed by atoms with Gasteiger partial charge in [0.25, 0.3) is 0 Å². The molecule has 0 fully saturated rings. The van der Waals surface area contributed by atoms with Crippen LogP contribution in [-0.2, 0) is 5.75 Å². The number of nitrogens with two attached hydrogens (primary N) is 1.